The lowest BCUT2D eigenvalue weighted by molar-refractivity contribution is -0.387. The molecule has 0 bridgehead atoms. The number of nitro groups is 1. The molecule has 22 nitrogen and oxygen atoms in total. The quantitative estimate of drug-likeness (QED) is 0.0264. The number of carbonyl (C=O) groups excluding carboxylic acids is 4. The average Bonchev–Trinajstić information content (AvgIpc) is 1.44. The van der Waals surface area contributed by atoms with E-state index < -0.39 is 163 Å². The Morgan fingerprint density at radius 3 is 2.19 bits per heavy atom. The topological polar surface area (TPSA) is 281 Å². The van der Waals surface area contributed by atoms with Crippen LogP contribution in [0.15, 0.2) is 107 Å². The number of aliphatic hydroxyl groups is 1. The van der Waals surface area contributed by atoms with Crippen LogP contribution < -0.4 is 9.64 Å². The molecule has 5 aliphatic rings. The molecule has 0 amide bonds. The summed E-state index contributed by atoms with van der Waals surface area (Å²) in [7, 11) is -4.89. The van der Waals surface area contributed by atoms with E-state index >= 15 is 13.2 Å². The van der Waals surface area contributed by atoms with Crippen molar-refractivity contribution in [3.05, 3.63) is 135 Å². The first kappa shape index (κ1) is 63.6. The molecule has 27 heteroatoms. The normalized spacial score (nSPS) is 28.1. The zero-order valence-corrected chi connectivity index (χ0v) is 51.2. The van der Waals surface area contributed by atoms with Crippen LogP contribution in [-0.2, 0) is 79.7 Å². The van der Waals surface area contributed by atoms with Crippen molar-refractivity contribution in [3.8, 4) is 5.75 Å². The molecule has 1 aromatic heterocycles. The molecule has 2 fully saturated rings. The monoisotopic (exact) mass is 1260 g/mol. The lowest BCUT2D eigenvalue weighted by Gasteiger charge is -2.63. The number of para-hydroxylation sites is 2. The second-order valence-electron chi connectivity index (χ2n) is 23.4. The first-order valence-corrected chi connectivity index (χ1v) is 31.4. The number of H-pyrrole nitrogens is 1. The Balaban J connectivity index is 1.31. The summed E-state index contributed by atoms with van der Waals surface area (Å²) < 4.78 is 140. The molecule has 88 heavy (non-hydrogen) atoms. The number of nitrogens with one attached hydrogen (secondary N) is 1. The summed E-state index contributed by atoms with van der Waals surface area (Å²) in [6.45, 7) is 4.01. The van der Waals surface area contributed by atoms with Crippen LogP contribution in [0.2, 0.25) is 0 Å². The molecule has 1 saturated heterocycles. The number of ether oxygens (including phenoxy) is 5. The number of nitrogens with zero attached hydrogens (tertiary/aromatic N) is 4. The van der Waals surface area contributed by atoms with Gasteiger partial charge in [0.1, 0.15) is 16.8 Å². The SMILES string of the molecule is CC[C@]1(OC(=O)C(F)(F)F)C[C@H](COS(=O)(=O)c2ccc(C)cc2)C[C@](C(=O)OC)(c2cc3c(cc2OC)N(C)[C@H]2[C@@](O)(C(=O)OC)[C@H](OC(C)=O)[C@]4(CC)C=CCN5CC[C@]32[C@@H]54)c2[nH]c3ccccc3c2CCN(S(=O)(=O)c2ccccc2[N+](=O)[O-])C1. The second kappa shape index (κ2) is 22.9. The number of aromatic amines is 1. The Kier molecular flexibility index (Phi) is 16.5. The number of aryl methyl sites for hydroxylation is 1. The molecule has 1 saturated carbocycles. The highest BCUT2D eigenvalue weighted by atomic mass is 32.2. The minimum atomic E-state index is -5.71. The highest BCUT2D eigenvalue weighted by molar-refractivity contribution is 7.89. The number of halogens is 3. The number of rotatable bonds is 15. The first-order chi connectivity index (χ1) is 41.5. The van der Waals surface area contributed by atoms with Gasteiger partial charge in [-0.05, 0) is 99.4 Å². The fourth-order valence-electron chi connectivity index (χ4n) is 15.4. The largest absolute Gasteiger partial charge is 0.496 e. The molecule has 10 rings (SSSR count). The van der Waals surface area contributed by atoms with Gasteiger partial charge in [0.05, 0.1) is 50.3 Å². The van der Waals surface area contributed by atoms with E-state index in [1.54, 1.807) is 55.3 Å². The standard InChI is InChI=1S/C61H68F3N5O17S2/c1-9-56(86-55(73)61(62,63)64)32-38(34-84-88(79,80)39-22-20-36(3)21-23-39)33-59(53(71)82-7,49-41(40-16-11-12-17-44(40)65-49)24-28-68(35-56)87(77,78)48-19-14-13-18-45(48)69(75)76)43-30-42-46(31-47(43)81-6)66(5)51-58(42)26-29-67-27-15-25-57(10-2,50(58)67)52(85-37(4)70)60(51,74)54(72)83-8/h11-23,25,30-31,38,50-52,65,74H,9-10,24,26-29,32-35H2,1-8H3/t38-,50-,51+,52+,56-,57+,58+,59-,60-/m0/s1. The van der Waals surface area contributed by atoms with Crippen molar-refractivity contribution in [2.45, 2.75) is 122 Å². The van der Waals surface area contributed by atoms with Crippen LogP contribution in [0.5, 0.6) is 5.75 Å². The zero-order chi connectivity index (χ0) is 63.9. The summed E-state index contributed by atoms with van der Waals surface area (Å²) in [5.41, 5.74) is -9.06. The summed E-state index contributed by atoms with van der Waals surface area (Å²) in [5.74, 6) is -7.38. The Labute approximate surface area is 506 Å². The van der Waals surface area contributed by atoms with Gasteiger partial charge in [-0.1, -0.05) is 74.0 Å². The molecular formula is C61H68F3N5O17S2. The van der Waals surface area contributed by atoms with Gasteiger partial charge in [0.15, 0.2) is 11.0 Å². The number of anilines is 1. The van der Waals surface area contributed by atoms with Crippen molar-refractivity contribution in [1.29, 1.82) is 0 Å². The highest BCUT2D eigenvalue weighted by Crippen LogP contribution is 2.68. The third-order valence-electron chi connectivity index (χ3n) is 18.9. The van der Waals surface area contributed by atoms with Crippen LogP contribution in [0, 0.1) is 28.4 Å². The number of carbonyl (C=O) groups is 4. The molecule has 472 valence electrons. The Hall–Kier alpha value is -7.43. The van der Waals surface area contributed by atoms with Crippen LogP contribution in [0.3, 0.4) is 0 Å². The molecule has 4 aliphatic heterocycles. The Bertz CT molecular complexity index is 3900. The van der Waals surface area contributed by atoms with Crippen LogP contribution in [0.25, 0.3) is 10.9 Å². The second-order valence-corrected chi connectivity index (χ2v) is 27.0. The van der Waals surface area contributed by atoms with Gasteiger partial charge in [0.2, 0.25) is 15.6 Å². The number of esters is 4. The predicted octanol–water partition coefficient (Wildman–Crippen LogP) is 7.10. The van der Waals surface area contributed by atoms with E-state index in [1.807, 2.05) is 19.1 Å². The van der Waals surface area contributed by atoms with Crippen LogP contribution in [-0.4, -0.2) is 162 Å². The van der Waals surface area contributed by atoms with E-state index in [4.69, 9.17) is 27.9 Å². The molecular weight excluding hydrogens is 1200 g/mol. The zero-order valence-electron chi connectivity index (χ0n) is 49.5. The van der Waals surface area contributed by atoms with Gasteiger partial charge >= 0.3 is 30.1 Å². The maximum atomic E-state index is 16.3. The first-order valence-electron chi connectivity index (χ1n) is 28.6. The van der Waals surface area contributed by atoms with Gasteiger partial charge in [-0.25, -0.2) is 18.0 Å². The van der Waals surface area contributed by atoms with Crippen molar-refractivity contribution in [2.75, 3.05) is 66.1 Å². The van der Waals surface area contributed by atoms with Crippen LogP contribution >= 0.6 is 0 Å². The van der Waals surface area contributed by atoms with E-state index in [0.717, 1.165) is 26.4 Å². The number of alkyl halides is 3. The van der Waals surface area contributed by atoms with Gasteiger partial charge in [-0.15, -0.1) is 0 Å². The fourth-order valence-corrected chi connectivity index (χ4v) is 18.0. The maximum Gasteiger partial charge on any atom is 0.490 e. The number of methoxy groups -OCH3 is 3. The molecule has 0 radical (unpaired) electrons. The molecule has 9 atom stereocenters. The Morgan fingerprint density at radius 1 is 0.875 bits per heavy atom. The van der Waals surface area contributed by atoms with Crippen molar-refractivity contribution in [2.24, 2.45) is 11.3 Å². The van der Waals surface area contributed by atoms with E-state index in [0.29, 0.717) is 45.1 Å². The van der Waals surface area contributed by atoms with E-state index in [9.17, 15) is 51.2 Å². The molecule has 2 N–H and O–H groups in total. The molecule has 1 spiro atoms. The summed E-state index contributed by atoms with van der Waals surface area (Å²) in [4.78, 5) is 75.6. The van der Waals surface area contributed by atoms with Gasteiger partial charge in [0.25, 0.3) is 15.8 Å². The van der Waals surface area contributed by atoms with Gasteiger partial charge in [0, 0.05) is 83.9 Å². The number of aromatic nitrogens is 1. The molecule has 1 aliphatic carbocycles. The number of nitro benzene ring substituents is 1. The summed E-state index contributed by atoms with van der Waals surface area (Å²) >= 11 is 0. The van der Waals surface area contributed by atoms with Crippen molar-refractivity contribution in [1.82, 2.24) is 14.2 Å². The van der Waals surface area contributed by atoms with Gasteiger partial charge in [-0.3, -0.25) is 28.8 Å². The number of sulfonamides is 1. The molecule has 5 aromatic rings. The third kappa shape index (κ3) is 9.90. The van der Waals surface area contributed by atoms with Crippen LogP contribution in [0.4, 0.5) is 24.5 Å². The number of hydrogen-bond donors (Lipinski definition) is 2. The van der Waals surface area contributed by atoms with Gasteiger partial charge < -0.3 is 38.7 Å². The summed E-state index contributed by atoms with van der Waals surface area (Å²) in [6.07, 6.45) is -5.67. The van der Waals surface area contributed by atoms with Crippen molar-refractivity contribution >= 4 is 66.3 Å². The van der Waals surface area contributed by atoms with Crippen molar-refractivity contribution in [3.63, 3.8) is 0 Å². The summed E-state index contributed by atoms with van der Waals surface area (Å²) in [6, 6.07) is 17.9. The minimum absolute atomic E-state index is 0.00291. The third-order valence-corrected chi connectivity index (χ3v) is 22.1. The number of fused-ring (bicyclic) bond motifs is 4. The Morgan fingerprint density at radius 2 is 1.56 bits per heavy atom. The van der Waals surface area contributed by atoms with E-state index in [1.165, 1.54) is 57.4 Å². The average molecular weight is 1260 g/mol. The maximum absolute atomic E-state index is 16.3. The smallest absolute Gasteiger partial charge is 0.490 e. The van der Waals surface area contributed by atoms with E-state index in [-0.39, 0.29) is 40.3 Å². The number of likely N-dealkylation sites (N-methyl/N-ethyl adjacent to an activating group) is 1. The molecule has 4 aromatic carbocycles. The summed E-state index contributed by atoms with van der Waals surface area (Å²) in [5, 5.41) is 26.6. The van der Waals surface area contributed by atoms with Gasteiger partial charge in [-0.2, -0.15) is 25.9 Å². The van der Waals surface area contributed by atoms with E-state index in [2.05, 4.69) is 9.88 Å². The molecule has 5 heterocycles. The van der Waals surface area contributed by atoms with Crippen molar-refractivity contribution < 1.29 is 87.1 Å². The van der Waals surface area contributed by atoms with Crippen LogP contribution in [0.1, 0.15) is 80.8 Å². The highest BCUT2D eigenvalue weighted by Gasteiger charge is 2.80. The lowest BCUT2D eigenvalue weighted by Crippen LogP contribution is -2.81. The minimum Gasteiger partial charge on any atom is -0.496 e. The number of benzene rings is 4. The fraction of sp³-hybridized carbons (Fsp3) is 0.475. The number of hydrogen-bond acceptors (Lipinski definition) is 19. The lowest BCUT2D eigenvalue weighted by atomic mass is 9.47. The molecule has 0 unspecified atom stereocenters. The predicted molar refractivity (Wildman–Crippen MR) is 310 cm³/mol.